The van der Waals surface area contributed by atoms with Gasteiger partial charge in [-0.1, -0.05) is 0 Å². The molecule has 0 bridgehead atoms. The summed E-state index contributed by atoms with van der Waals surface area (Å²) in [4.78, 5) is 2.39. The van der Waals surface area contributed by atoms with Gasteiger partial charge in [-0.15, -0.1) is 0 Å². The lowest BCUT2D eigenvalue weighted by Gasteiger charge is -2.48. The molecule has 3 rings (SSSR count). The largest absolute Gasteiger partial charge is 0.465 e. The number of likely N-dealkylation sites (tertiary alicyclic amines) is 1. The number of rotatable bonds is 4. The average Bonchev–Trinajstić information content (AvgIpc) is 2.88. The van der Waals surface area contributed by atoms with Crippen LogP contribution in [0.4, 0.5) is 0 Å². The maximum atomic E-state index is 11.6. The van der Waals surface area contributed by atoms with Crippen molar-refractivity contribution in [1.82, 2.24) is 9.62 Å². The first-order valence-electron chi connectivity index (χ1n) is 8.19. The highest BCUT2D eigenvalue weighted by molar-refractivity contribution is 7.88. The third-order valence-electron chi connectivity index (χ3n) is 5.15. The first-order valence-corrected chi connectivity index (χ1v) is 10.1. The number of aryl methyl sites for hydroxylation is 1. The molecule has 0 aromatic carbocycles. The molecule has 1 N–H and O–H groups in total. The number of furan rings is 1. The van der Waals surface area contributed by atoms with Crippen LogP contribution in [-0.4, -0.2) is 51.9 Å². The molecule has 0 aliphatic carbocycles. The predicted octanol–water partition coefficient (Wildman–Crippen LogP) is 1.51. The Balaban J connectivity index is 1.63. The van der Waals surface area contributed by atoms with Gasteiger partial charge in [0.15, 0.2) is 0 Å². The molecule has 2 aliphatic heterocycles. The molecule has 0 amide bonds. The van der Waals surface area contributed by atoms with Crippen molar-refractivity contribution in [3.8, 4) is 0 Å². The number of hydrogen-bond donors (Lipinski definition) is 1. The Kier molecular flexibility index (Phi) is 4.83. The normalized spacial score (nSPS) is 25.7. The fourth-order valence-electron chi connectivity index (χ4n) is 3.79. The lowest BCUT2D eigenvalue weighted by molar-refractivity contribution is -0.0452. The lowest BCUT2D eigenvalue weighted by atomic mass is 9.69. The van der Waals surface area contributed by atoms with Gasteiger partial charge in [-0.05, 0) is 56.8 Å². The minimum absolute atomic E-state index is 0.0247. The summed E-state index contributed by atoms with van der Waals surface area (Å²) in [5, 5.41) is 0. The topological polar surface area (TPSA) is 71.8 Å². The molecule has 0 radical (unpaired) electrons. The molecular weight excluding hydrogens is 316 g/mol. The zero-order valence-electron chi connectivity index (χ0n) is 13.9. The molecule has 6 nitrogen and oxygen atoms in total. The van der Waals surface area contributed by atoms with Gasteiger partial charge in [-0.3, -0.25) is 4.90 Å². The van der Waals surface area contributed by atoms with Gasteiger partial charge in [0, 0.05) is 6.61 Å². The summed E-state index contributed by atoms with van der Waals surface area (Å²) in [7, 11) is -3.22. The molecule has 7 heteroatoms. The Labute approximate surface area is 138 Å². The van der Waals surface area contributed by atoms with Gasteiger partial charge in [0.1, 0.15) is 11.5 Å². The van der Waals surface area contributed by atoms with E-state index in [9.17, 15) is 8.42 Å². The van der Waals surface area contributed by atoms with Crippen LogP contribution in [0.3, 0.4) is 0 Å². The Morgan fingerprint density at radius 2 is 2.04 bits per heavy atom. The molecule has 1 atom stereocenters. The van der Waals surface area contributed by atoms with E-state index in [-0.39, 0.29) is 11.5 Å². The molecule has 1 aromatic heterocycles. The summed E-state index contributed by atoms with van der Waals surface area (Å²) in [5.41, 5.74) is 0.0247. The molecule has 23 heavy (non-hydrogen) atoms. The summed E-state index contributed by atoms with van der Waals surface area (Å²) in [6.07, 6.45) is 4.13. The lowest BCUT2D eigenvalue weighted by Crippen LogP contribution is -2.57. The molecule has 130 valence electrons. The highest BCUT2D eigenvalue weighted by Gasteiger charge is 2.44. The quantitative estimate of drug-likeness (QED) is 0.898. The van der Waals surface area contributed by atoms with Crippen LogP contribution < -0.4 is 4.72 Å². The zero-order valence-corrected chi connectivity index (χ0v) is 14.7. The number of sulfonamides is 1. The average molecular weight is 342 g/mol. The van der Waals surface area contributed by atoms with Crippen molar-refractivity contribution in [3.63, 3.8) is 0 Å². The van der Waals surface area contributed by atoms with Crippen molar-refractivity contribution in [2.24, 2.45) is 5.41 Å². The molecule has 3 heterocycles. The fourth-order valence-corrected chi connectivity index (χ4v) is 4.63. The van der Waals surface area contributed by atoms with Crippen molar-refractivity contribution in [2.45, 2.75) is 38.8 Å². The standard InChI is InChI=1S/C16H26N2O4S/c1-13-3-4-14(22-13)11-18-8-5-16(6-9-18)7-10-21-12-15(16)17-23(2,19)20/h3-4,15,17H,5-12H2,1-2H3. The third-order valence-corrected chi connectivity index (χ3v) is 5.86. The Morgan fingerprint density at radius 3 is 2.65 bits per heavy atom. The monoisotopic (exact) mass is 342 g/mol. The van der Waals surface area contributed by atoms with Crippen molar-refractivity contribution in [3.05, 3.63) is 23.7 Å². The van der Waals surface area contributed by atoms with Crippen molar-refractivity contribution >= 4 is 10.0 Å². The second-order valence-corrected chi connectivity index (χ2v) is 8.70. The second-order valence-electron chi connectivity index (χ2n) is 6.92. The number of piperidine rings is 1. The van der Waals surface area contributed by atoms with Gasteiger partial charge in [-0.25, -0.2) is 13.1 Å². The van der Waals surface area contributed by atoms with E-state index in [1.165, 1.54) is 6.26 Å². The number of ether oxygens (including phenoxy) is 1. The van der Waals surface area contributed by atoms with E-state index in [0.29, 0.717) is 6.61 Å². The minimum Gasteiger partial charge on any atom is -0.465 e. The molecular formula is C16H26N2O4S. The van der Waals surface area contributed by atoms with Gasteiger partial charge in [0.25, 0.3) is 0 Å². The highest BCUT2D eigenvalue weighted by atomic mass is 32.2. The number of nitrogens with one attached hydrogen (secondary N) is 1. The van der Waals surface area contributed by atoms with Gasteiger partial charge >= 0.3 is 0 Å². The van der Waals surface area contributed by atoms with Crippen LogP contribution in [0.5, 0.6) is 0 Å². The van der Waals surface area contributed by atoms with Gasteiger partial charge in [0.2, 0.25) is 10.0 Å². The predicted molar refractivity (Wildman–Crippen MR) is 87.6 cm³/mol. The highest BCUT2D eigenvalue weighted by Crippen LogP contribution is 2.41. The van der Waals surface area contributed by atoms with E-state index >= 15 is 0 Å². The van der Waals surface area contributed by atoms with Gasteiger partial charge in [0.05, 0.1) is 25.4 Å². The smallest absolute Gasteiger partial charge is 0.209 e. The summed E-state index contributed by atoms with van der Waals surface area (Å²) >= 11 is 0. The van der Waals surface area contributed by atoms with E-state index in [0.717, 1.165) is 57.0 Å². The first kappa shape index (κ1) is 17.0. The third kappa shape index (κ3) is 4.15. The van der Waals surface area contributed by atoms with Crippen molar-refractivity contribution in [2.75, 3.05) is 32.6 Å². The van der Waals surface area contributed by atoms with Crippen LogP contribution in [-0.2, 0) is 21.3 Å². The summed E-state index contributed by atoms with van der Waals surface area (Å²) < 4.78 is 37.3. The van der Waals surface area contributed by atoms with E-state index in [1.54, 1.807) is 0 Å². The van der Waals surface area contributed by atoms with E-state index in [4.69, 9.17) is 9.15 Å². The molecule has 1 unspecified atom stereocenters. The maximum absolute atomic E-state index is 11.6. The zero-order chi connectivity index (χ0) is 16.5. The summed E-state index contributed by atoms with van der Waals surface area (Å²) in [6.45, 7) is 5.90. The van der Waals surface area contributed by atoms with Crippen LogP contribution in [0.25, 0.3) is 0 Å². The van der Waals surface area contributed by atoms with E-state index in [1.807, 2.05) is 19.1 Å². The molecule has 1 spiro atoms. The Hall–Kier alpha value is -0.890. The summed E-state index contributed by atoms with van der Waals surface area (Å²) in [6, 6.07) is 3.91. The SMILES string of the molecule is Cc1ccc(CN2CCC3(CCOCC3NS(C)(=O)=O)CC2)o1. The molecule has 2 aliphatic rings. The van der Waals surface area contributed by atoms with Crippen molar-refractivity contribution in [1.29, 1.82) is 0 Å². The minimum atomic E-state index is -3.22. The van der Waals surface area contributed by atoms with E-state index < -0.39 is 10.0 Å². The Bertz CT molecular complexity index is 632. The van der Waals surface area contributed by atoms with Gasteiger partial charge in [-0.2, -0.15) is 0 Å². The fraction of sp³-hybridized carbons (Fsp3) is 0.750. The molecule has 2 fully saturated rings. The summed E-state index contributed by atoms with van der Waals surface area (Å²) in [5.74, 6) is 1.94. The molecule has 0 saturated carbocycles. The molecule has 2 saturated heterocycles. The number of hydrogen-bond acceptors (Lipinski definition) is 5. The van der Waals surface area contributed by atoms with Crippen LogP contribution in [0, 0.1) is 12.3 Å². The van der Waals surface area contributed by atoms with Crippen LogP contribution in [0.2, 0.25) is 0 Å². The van der Waals surface area contributed by atoms with Crippen LogP contribution in [0.15, 0.2) is 16.5 Å². The van der Waals surface area contributed by atoms with E-state index in [2.05, 4.69) is 9.62 Å². The van der Waals surface area contributed by atoms with Crippen molar-refractivity contribution < 1.29 is 17.6 Å². The number of nitrogens with zero attached hydrogens (tertiary/aromatic N) is 1. The van der Waals surface area contributed by atoms with Crippen LogP contribution in [0.1, 0.15) is 30.8 Å². The maximum Gasteiger partial charge on any atom is 0.209 e. The van der Waals surface area contributed by atoms with Gasteiger partial charge < -0.3 is 9.15 Å². The first-order chi connectivity index (χ1) is 10.9. The molecule has 1 aromatic rings. The Morgan fingerprint density at radius 1 is 1.30 bits per heavy atom. The van der Waals surface area contributed by atoms with Crippen LogP contribution >= 0.6 is 0 Å². The second kappa shape index (κ2) is 6.55.